The molecular formula is C20H18O4. The van der Waals surface area contributed by atoms with Gasteiger partial charge in [0.1, 0.15) is 23.0 Å². The fourth-order valence-electron chi connectivity index (χ4n) is 2.74. The summed E-state index contributed by atoms with van der Waals surface area (Å²) in [5, 5.41) is 39.2. The van der Waals surface area contributed by atoms with Crippen molar-refractivity contribution in [3.05, 3.63) is 60.2 Å². The third-order valence-electron chi connectivity index (χ3n) is 3.99. The number of benzene rings is 3. The van der Waals surface area contributed by atoms with E-state index in [1.807, 2.05) is 25.1 Å². The van der Waals surface area contributed by atoms with Gasteiger partial charge in [-0.2, -0.15) is 0 Å². The highest BCUT2D eigenvalue weighted by Crippen LogP contribution is 2.38. The van der Waals surface area contributed by atoms with Crippen LogP contribution in [-0.4, -0.2) is 20.4 Å². The molecule has 0 saturated carbocycles. The van der Waals surface area contributed by atoms with E-state index in [0.717, 1.165) is 23.1 Å². The Balaban J connectivity index is 2.18. The highest BCUT2D eigenvalue weighted by molar-refractivity contribution is 5.80. The van der Waals surface area contributed by atoms with Gasteiger partial charge in [0, 0.05) is 23.3 Å². The fraction of sp³-hybridized carbons (Fsp3) is 0.100. The third kappa shape index (κ3) is 2.99. The summed E-state index contributed by atoms with van der Waals surface area (Å²) in [5.74, 6) is -0.0214. The van der Waals surface area contributed by atoms with Gasteiger partial charge in [0.2, 0.25) is 0 Å². The summed E-state index contributed by atoms with van der Waals surface area (Å²) in [6.07, 6.45) is 0.790. The molecule has 0 atom stereocenters. The van der Waals surface area contributed by atoms with Crippen molar-refractivity contribution in [2.75, 3.05) is 0 Å². The lowest BCUT2D eigenvalue weighted by molar-refractivity contribution is 0.451. The van der Waals surface area contributed by atoms with Crippen LogP contribution in [0.3, 0.4) is 0 Å². The smallest absolute Gasteiger partial charge is 0.127 e. The summed E-state index contributed by atoms with van der Waals surface area (Å²) in [5.41, 5.74) is 3.82. The van der Waals surface area contributed by atoms with Crippen LogP contribution in [0.4, 0.5) is 0 Å². The van der Waals surface area contributed by atoms with Crippen molar-refractivity contribution in [1.29, 1.82) is 0 Å². The summed E-state index contributed by atoms with van der Waals surface area (Å²) in [6, 6.07) is 14.7. The van der Waals surface area contributed by atoms with Crippen LogP contribution in [-0.2, 0) is 6.42 Å². The zero-order chi connectivity index (χ0) is 17.3. The highest BCUT2D eigenvalue weighted by Gasteiger charge is 2.11. The van der Waals surface area contributed by atoms with Gasteiger partial charge in [0.25, 0.3) is 0 Å². The second kappa shape index (κ2) is 6.16. The van der Waals surface area contributed by atoms with E-state index < -0.39 is 0 Å². The second-order valence-corrected chi connectivity index (χ2v) is 5.68. The van der Waals surface area contributed by atoms with Gasteiger partial charge in [-0.25, -0.2) is 0 Å². The summed E-state index contributed by atoms with van der Waals surface area (Å²) < 4.78 is 0. The molecule has 24 heavy (non-hydrogen) atoms. The fourth-order valence-corrected chi connectivity index (χ4v) is 2.74. The molecule has 4 heteroatoms. The number of phenols is 4. The van der Waals surface area contributed by atoms with Crippen molar-refractivity contribution >= 4 is 0 Å². The minimum absolute atomic E-state index is 0.000649. The van der Waals surface area contributed by atoms with Gasteiger partial charge >= 0.3 is 0 Å². The van der Waals surface area contributed by atoms with Crippen LogP contribution in [0.25, 0.3) is 22.3 Å². The van der Waals surface area contributed by atoms with Gasteiger partial charge in [0.05, 0.1) is 0 Å². The number of phenolic OH excluding ortho intramolecular Hbond substituents is 4. The first kappa shape index (κ1) is 15.7. The van der Waals surface area contributed by atoms with Crippen molar-refractivity contribution in [3.63, 3.8) is 0 Å². The lowest BCUT2D eigenvalue weighted by Gasteiger charge is -2.12. The molecule has 0 radical (unpaired) electrons. The molecule has 0 aliphatic carbocycles. The van der Waals surface area contributed by atoms with Gasteiger partial charge in [-0.1, -0.05) is 19.1 Å². The Hall–Kier alpha value is -3.14. The largest absolute Gasteiger partial charge is 0.508 e. The van der Waals surface area contributed by atoms with E-state index in [1.54, 1.807) is 12.1 Å². The summed E-state index contributed by atoms with van der Waals surface area (Å²) in [6.45, 7) is 2.02. The van der Waals surface area contributed by atoms with E-state index >= 15 is 0 Å². The van der Waals surface area contributed by atoms with Crippen LogP contribution < -0.4 is 0 Å². The standard InChI is InChI=1S/C20H18O4/c1-2-12-7-13(17-5-3-15(21)10-19(17)23)9-14(8-12)18-6-4-16(22)11-20(18)24/h3-11,21-24H,2H2,1H3. The maximum atomic E-state index is 10.1. The first-order valence-corrected chi connectivity index (χ1v) is 7.66. The first-order valence-electron chi connectivity index (χ1n) is 7.66. The zero-order valence-corrected chi connectivity index (χ0v) is 13.2. The third-order valence-corrected chi connectivity index (χ3v) is 3.99. The highest BCUT2D eigenvalue weighted by atomic mass is 16.3. The predicted octanol–water partition coefficient (Wildman–Crippen LogP) is 4.41. The van der Waals surface area contributed by atoms with Gasteiger partial charge in [-0.15, -0.1) is 0 Å². The molecule has 0 saturated heterocycles. The molecule has 3 aromatic rings. The minimum atomic E-state index is -0.0101. The Morgan fingerprint density at radius 3 is 1.46 bits per heavy atom. The Bertz CT molecular complexity index is 830. The van der Waals surface area contributed by atoms with Crippen LogP contribution >= 0.6 is 0 Å². The Morgan fingerprint density at radius 2 is 1.08 bits per heavy atom. The monoisotopic (exact) mass is 322 g/mol. The van der Waals surface area contributed by atoms with E-state index in [0.29, 0.717) is 11.1 Å². The average Bonchev–Trinajstić information content (AvgIpc) is 2.54. The molecule has 0 amide bonds. The summed E-state index contributed by atoms with van der Waals surface area (Å²) in [4.78, 5) is 0. The van der Waals surface area contributed by atoms with E-state index in [-0.39, 0.29) is 23.0 Å². The molecule has 0 aromatic heterocycles. The van der Waals surface area contributed by atoms with Crippen molar-refractivity contribution in [2.45, 2.75) is 13.3 Å². The number of rotatable bonds is 3. The Labute approximate surface area is 139 Å². The minimum Gasteiger partial charge on any atom is -0.508 e. The van der Waals surface area contributed by atoms with Gasteiger partial charge < -0.3 is 20.4 Å². The van der Waals surface area contributed by atoms with Gasteiger partial charge in [0.15, 0.2) is 0 Å². The second-order valence-electron chi connectivity index (χ2n) is 5.68. The van der Waals surface area contributed by atoms with E-state index in [2.05, 4.69) is 0 Å². The molecule has 4 nitrogen and oxygen atoms in total. The predicted molar refractivity (Wildman–Crippen MR) is 93.4 cm³/mol. The van der Waals surface area contributed by atoms with E-state index in [4.69, 9.17) is 0 Å². The average molecular weight is 322 g/mol. The summed E-state index contributed by atoms with van der Waals surface area (Å²) >= 11 is 0. The van der Waals surface area contributed by atoms with Crippen molar-refractivity contribution in [1.82, 2.24) is 0 Å². The molecule has 0 unspecified atom stereocenters. The molecule has 3 aromatic carbocycles. The van der Waals surface area contributed by atoms with E-state index in [1.165, 1.54) is 24.3 Å². The molecule has 0 bridgehead atoms. The van der Waals surface area contributed by atoms with Gasteiger partial charge in [-0.3, -0.25) is 0 Å². The molecule has 3 rings (SSSR count). The van der Waals surface area contributed by atoms with Crippen molar-refractivity contribution in [2.24, 2.45) is 0 Å². The van der Waals surface area contributed by atoms with Crippen LogP contribution in [0.5, 0.6) is 23.0 Å². The number of aryl methyl sites for hydroxylation is 1. The lowest BCUT2D eigenvalue weighted by Crippen LogP contribution is -1.88. The zero-order valence-electron chi connectivity index (χ0n) is 13.2. The maximum Gasteiger partial charge on any atom is 0.127 e. The maximum absolute atomic E-state index is 10.1. The molecule has 122 valence electrons. The number of hydrogen-bond acceptors (Lipinski definition) is 4. The Kier molecular flexibility index (Phi) is 4.04. The molecule has 0 heterocycles. The first-order chi connectivity index (χ1) is 11.5. The Morgan fingerprint density at radius 1 is 0.625 bits per heavy atom. The summed E-state index contributed by atoms with van der Waals surface area (Å²) in [7, 11) is 0. The molecule has 0 aliphatic heterocycles. The van der Waals surface area contributed by atoms with E-state index in [9.17, 15) is 20.4 Å². The normalized spacial score (nSPS) is 10.7. The topological polar surface area (TPSA) is 80.9 Å². The van der Waals surface area contributed by atoms with Gasteiger partial charge in [-0.05, 0) is 53.4 Å². The number of aromatic hydroxyl groups is 4. The number of hydrogen-bond donors (Lipinski definition) is 4. The molecule has 0 spiro atoms. The molecule has 0 fully saturated rings. The molecular weight excluding hydrogens is 304 g/mol. The van der Waals surface area contributed by atoms with Crippen LogP contribution in [0.2, 0.25) is 0 Å². The molecule has 0 aliphatic rings. The van der Waals surface area contributed by atoms with Crippen LogP contribution in [0.1, 0.15) is 12.5 Å². The van der Waals surface area contributed by atoms with Crippen LogP contribution in [0.15, 0.2) is 54.6 Å². The van der Waals surface area contributed by atoms with Crippen molar-refractivity contribution < 1.29 is 20.4 Å². The van der Waals surface area contributed by atoms with Crippen LogP contribution in [0, 0.1) is 0 Å². The lowest BCUT2D eigenvalue weighted by atomic mass is 9.94. The van der Waals surface area contributed by atoms with Crippen molar-refractivity contribution in [3.8, 4) is 45.3 Å². The quantitative estimate of drug-likeness (QED) is 0.576. The SMILES string of the molecule is CCc1cc(-c2ccc(O)cc2O)cc(-c2ccc(O)cc2O)c1. The molecule has 4 N–H and O–H groups in total.